The average Bonchev–Trinajstić information content (AvgIpc) is 2.03. The molecule has 0 unspecified atom stereocenters. The molecule has 0 aromatic carbocycles. The van der Waals surface area contributed by atoms with Crippen LogP contribution in [0, 0.1) is 6.42 Å². The number of piperidine rings is 1. The van der Waals surface area contributed by atoms with E-state index in [4.69, 9.17) is 0 Å². The molecule has 0 aliphatic carbocycles. The van der Waals surface area contributed by atoms with Crippen molar-refractivity contribution >= 4 is 0 Å². The molecule has 0 amide bonds. The molecule has 1 aliphatic heterocycles. The lowest BCUT2D eigenvalue weighted by molar-refractivity contribution is 0.231. The van der Waals surface area contributed by atoms with Crippen LogP contribution in [0.5, 0.6) is 0 Å². The predicted molar refractivity (Wildman–Crippen MR) is 44.9 cm³/mol. The summed E-state index contributed by atoms with van der Waals surface area (Å²) in [6.45, 7) is 6.11. The highest BCUT2D eigenvalue weighted by Crippen LogP contribution is 2.08. The van der Waals surface area contributed by atoms with Gasteiger partial charge in [0, 0.05) is 0 Å². The predicted octanol–water partition coefficient (Wildman–Crippen LogP) is 2.09. The highest BCUT2D eigenvalue weighted by molar-refractivity contribution is 4.67. The normalized spacial score (nSPS) is 21.3. The summed E-state index contributed by atoms with van der Waals surface area (Å²) in [5, 5.41) is 0. The largest absolute Gasteiger partial charge is 0.303 e. The number of unbranched alkanes of at least 4 members (excludes halogenated alkanes) is 1. The maximum Gasteiger partial charge on any atom is -0.00161 e. The molecule has 0 spiro atoms. The lowest BCUT2D eigenvalue weighted by Crippen LogP contribution is -2.30. The lowest BCUT2D eigenvalue weighted by Gasteiger charge is -2.25. The summed E-state index contributed by atoms with van der Waals surface area (Å²) in [4.78, 5) is 2.57. The molecule has 1 heterocycles. The van der Waals surface area contributed by atoms with Gasteiger partial charge in [-0.2, -0.15) is 0 Å². The maximum atomic E-state index is 2.57. The van der Waals surface area contributed by atoms with Gasteiger partial charge in [0.25, 0.3) is 0 Å². The minimum Gasteiger partial charge on any atom is -0.303 e. The number of rotatable bonds is 3. The Balaban J connectivity index is 2.02. The first-order valence-electron chi connectivity index (χ1n) is 4.43. The van der Waals surface area contributed by atoms with Crippen molar-refractivity contribution in [2.24, 2.45) is 0 Å². The van der Waals surface area contributed by atoms with E-state index in [1.54, 1.807) is 0 Å². The smallest absolute Gasteiger partial charge is 0.00161 e. The molecule has 0 aromatic heterocycles. The summed E-state index contributed by atoms with van der Waals surface area (Å²) in [7, 11) is 0. The molecule has 0 aromatic rings. The van der Waals surface area contributed by atoms with Gasteiger partial charge in [-0.1, -0.05) is 13.3 Å². The molecule has 1 heteroatoms. The first kappa shape index (κ1) is 8.06. The summed E-state index contributed by atoms with van der Waals surface area (Å²) >= 11 is 0. The van der Waals surface area contributed by atoms with Crippen LogP contribution < -0.4 is 0 Å². The quantitative estimate of drug-likeness (QED) is 0.580. The Kier molecular flexibility index (Phi) is 3.81. The highest BCUT2D eigenvalue weighted by Gasteiger charge is 2.07. The third kappa shape index (κ3) is 2.70. The molecule has 0 atom stereocenters. The highest BCUT2D eigenvalue weighted by atomic mass is 15.1. The molecule has 0 N–H and O–H groups in total. The Hall–Kier alpha value is -0.0400. The van der Waals surface area contributed by atoms with Crippen LogP contribution in [0.25, 0.3) is 0 Å². The summed E-state index contributed by atoms with van der Waals surface area (Å²) in [6, 6.07) is 0. The third-order valence-electron chi connectivity index (χ3n) is 2.18. The number of hydrogen-bond donors (Lipinski definition) is 0. The monoisotopic (exact) mass is 140 g/mol. The van der Waals surface area contributed by atoms with Crippen LogP contribution in [0.1, 0.15) is 32.6 Å². The summed E-state index contributed by atoms with van der Waals surface area (Å²) in [5.41, 5.74) is 0. The van der Waals surface area contributed by atoms with E-state index >= 15 is 0 Å². The summed E-state index contributed by atoms with van der Waals surface area (Å²) in [6.07, 6.45) is 7.81. The van der Waals surface area contributed by atoms with E-state index in [9.17, 15) is 0 Å². The van der Waals surface area contributed by atoms with Gasteiger partial charge in [0.15, 0.2) is 0 Å². The number of nitrogens with zero attached hydrogens (tertiary/aromatic N) is 1. The molecule has 1 fully saturated rings. The molecule has 0 bridgehead atoms. The zero-order valence-electron chi connectivity index (χ0n) is 6.97. The van der Waals surface area contributed by atoms with Gasteiger partial charge in [-0.3, -0.25) is 0 Å². The van der Waals surface area contributed by atoms with Crippen LogP contribution in [0.4, 0.5) is 0 Å². The van der Waals surface area contributed by atoms with Gasteiger partial charge in [-0.15, -0.1) is 0 Å². The minimum absolute atomic E-state index is 1.26. The molecular weight excluding hydrogens is 122 g/mol. The van der Waals surface area contributed by atoms with Gasteiger partial charge in [-0.05, 0) is 45.3 Å². The Morgan fingerprint density at radius 2 is 1.90 bits per heavy atom. The third-order valence-corrected chi connectivity index (χ3v) is 2.18. The molecule has 59 valence electrons. The Bertz CT molecular complexity index is 74.8. The Morgan fingerprint density at radius 3 is 2.50 bits per heavy atom. The van der Waals surface area contributed by atoms with Gasteiger partial charge >= 0.3 is 0 Å². The van der Waals surface area contributed by atoms with Crippen LogP contribution in [-0.4, -0.2) is 24.5 Å². The standard InChI is InChI=1S/C9H18N/c1-2-3-7-10-8-5-4-6-9-10/h2H,3-9H2,1H3. The van der Waals surface area contributed by atoms with Crippen LogP contribution in [-0.2, 0) is 0 Å². The second-order valence-corrected chi connectivity index (χ2v) is 3.10. The van der Waals surface area contributed by atoms with E-state index in [2.05, 4.69) is 18.2 Å². The molecule has 10 heavy (non-hydrogen) atoms. The van der Waals surface area contributed by atoms with E-state index in [0.717, 1.165) is 0 Å². The van der Waals surface area contributed by atoms with Crippen LogP contribution in [0.2, 0.25) is 0 Å². The van der Waals surface area contributed by atoms with Crippen molar-refractivity contribution in [3.8, 4) is 0 Å². The summed E-state index contributed by atoms with van der Waals surface area (Å²) in [5.74, 6) is 0. The SMILES string of the molecule is C[CH]CCN1CCCCC1. The first-order valence-corrected chi connectivity index (χ1v) is 4.43. The molecule has 1 aliphatic rings. The molecular formula is C9H18N. The van der Waals surface area contributed by atoms with Crippen molar-refractivity contribution in [3.05, 3.63) is 6.42 Å². The second-order valence-electron chi connectivity index (χ2n) is 3.10. The van der Waals surface area contributed by atoms with Crippen molar-refractivity contribution in [1.29, 1.82) is 0 Å². The summed E-state index contributed by atoms with van der Waals surface area (Å²) < 4.78 is 0. The van der Waals surface area contributed by atoms with Crippen molar-refractivity contribution < 1.29 is 0 Å². The van der Waals surface area contributed by atoms with E-state index in [1.807, 2.05) is 0 Å². The fourth-order valence-electron chi connectivity index (χ4n) is 1.49. The van der Waals surface area contributed by atoms with E-state index in [-0.39, 0.29) is 0 Å². The van der Waals surface area contributed by atoms with Gasteiger partial charge in [0.1, 0.15) is 0 Å². The molecule has 0 saturated carbocycles. The Labute approximate surface area is 64.4 Å². The van der Waals surface area contributed by atoms with Crippen LogP contribution in [0.3, 0.4) is 0 Å². The second kappa shape index (κ2) is 4.73. The van der Waals surface area contributed by atoms with Gasteiger partial charge in [0.05, 0.1) is 0 Å². The molecule has 1 radical (unpaired) electrons. The van der Waals surface area contributed by atoms with E-state index in [1.165, 1.54) is 45.3 Å². The van der Waals surface area contributed by atoms with E-state index < -0.39 is 0 Å². The van der Waals surface area contributed by atoms with Crippen LogP contribution in [0.15, 0.2) is 0 Å². The van der Waals surface area contributed by atoms with Gasteiger partial charge in [-0.25, -0.2) is 0 Å². The van der Waals surface area contributed by atoms with Crippen molar-refractivity contribution in [2.45, 2.75) is 32.6 Å². The van der Waals surface area contributed by atoms with Crippen molar-refractivity contribution in [3.63, 3.8) is 0 Å². The zero-order valence-corrected chi connectivity index (χ0v) is 6.97. The van der Waals surface area contributed by atoms with Gasteiger partial charge in [0.2, 0.25) is 0 Å². The van der Waals surface area contributed by atoms with Crippen LogP contribution >= 0.6 is 0 Å². The Morgan fingerprint density at radius 1 is 1.20 bits per heavy atom. The molecule has 1 rings (SSSR count). The van der Waals surface area contributed by atoms with Crippen molar-refractivity contribution in [1.82, 2.24) is 4.90 Å². The topological polar surface area (TPSA) is 3.24 Å². The lowest BCUT2D eigenvalue weighted by atomic mass is 10.1. The maximum absolute atomic E-state index is 2.57. The first-order chi connectivity index (χ1) is 4.93. The minimum atomic E-state index is 1.26. The number of hydrogen-bond acceptors (Lipinski definition) is 1. The number of likely N-dealkylation sites (tertiary alicyclic amines) is 1. The van der Waals surface area contributed by atoms with Crippen molar-refractivity contribution in [2.75, 3.05) is 19.6 Å². The molecule has 1 nitrogen and oxygen atoms in total. The zero-order chi connectivity index (χ0) is 7.23. The molecule has 1 saturated heterocycles. The fraction of sp³-hybridized carbons (Fsp3) is 0.889. The average molecular weight is 140 g/mol. The fourth-order valence-corrected chi connectivity index (χ4v) is 1.49. The van der Waals surface area contributed by atoms with Gasteiger partial charge < -0.3 is 4.90 Å². The van der Waals surface area contributed by atoms with E-state index in [0.29, 0.717) is 0 Å².